The summed E-state index contributed by atoms with van der Waals surface area (Å²) in [6.45, 7) is 1.22. The molecule has 3 aromatic rings. The molecule has 1 aliphatic rings. The molecule has 0 aliphatic heterocycles. The fourth-order valence-electron chi connectivity index (χ4n) is 3.31. The van der Waals surface area contributed by atoms with E-state index in [2.05, 4.69) is 10.6 Å². The van der Waals surface area contributed by atoms with Gasteiger partial charge in [0.1, 0.15) is 0 Å². The predicted octanol–water partition coefficient (Wildman–Crippen LogP) is 4.01. The lowest BCUT2D eigenvalue weighted by atomic mass is 9.93. The van der Waals surface area contributed by atoms with Crippen molar-refractivity contribution in [2.75, 3.05) is 7.11 Å². The zero-order valence-electron chi connectivity index (χ0n) is 15.5. The van der Waals surface area contributed by atoms with Gasteiger partial charge in [0.15, 0.2) is 17.1 Å². The maximum absolute atomic E-state index is 12.6. The number of ether oxygens (including phenoxy) is 1. The number of carbonyl (C=O) groups is 1. The molecule has 2 aromatic carbocycles. The van der Waals surface area contributed by atoms with Gasteiger partial charge >= 0.3 is 0 Å². The van der Waals surface area contributed by atoms with Crippen LogP contribution in [0.5, 0.6) is 5.75 Å². The minimum absolute atomic E-state index is 0.227. The molecule has 0 bridgehead atoms. The fraction of sp³-hybridized carbons (Fsp3) is 0.318. The molecule has 0 saturated heterocycles. The van der Waals surface area contributed by atoms with Gasteiger partial charge < -0.3 is 19.8 Å². The SMILES string of the molecule is COc1ccc(CNC2CCC2)c2cc(C(=O)NCc3ccccc3)oc12. The first-order valence-electron chi connectivity index (χ1n) is 9.39. The highest BCUT2D eigenvalue weighted by Crippen LogP contribution is 2.32. The maximum Gasteiger partial charge on any atom is 0.287 e. The van der Waals surface area contributed by atoms with E-state index in [0.717, 1.165) is 23.1 Å². The third-order valence-corrected chi connectivity index (χ3v) is 5.16. The van der Waals surface area contributed by atoms with Gasteiger partial charge in [-0.3, -0.25) is 4.79 Å². The van der Waals surface area contributed by atoms with Crippen LogP contribution < -0.4 is 15.4 Å². The first-order valence-corrected chi connectivity index (χ1v) is 9.39. The van der Waals surface area contributed by atoms with Crippen LogP contribution in [0.25, 0.3) is 11.0 Å². The van der Waals surface area contributed by atoms with Crippen molar-refractivity contribution in [3.8, 4) is 5.75 Å². The third kappa shape index (κ3) is 3.83. The topological polar surface area (TPSA) is 63.5 Å². The third-order valence-electron chi connectivity index (χ3n) is 5.16. The van der Waals surface area contributed by atoms with Gasteiger partial charge in [-0.05, 0) is 36.1 Å². The molecule has 0 spiro atoms. The molecule has 1 fully saturated rings. The number of methoxy groups -OCH3 is 1. The summed E-state index contributed by atoms with van der Waals surface area (Å²) in [7, 11) is 1.61. The van der Waals surface area contributed by atoms with E-state index >= 15 is 0 Å². The highest BCUT2D eigenvalue weighted by molar-refractivity contribution is 5.98. The van der Waals surface area contributed by atoms with Gasteiger partial charge in [0.05, 0.1) is 7.11 Å². The van der Waals surface area contributed by atoms with Crippen LogP contribution in [0.3, 0.4) is 0 Å². The van der Waals surface area contributed by atoms with Crippen molar-refractivity contribution in [3.63, 3.8) is 0 Å². The fourth-order valence-corrected chi connectivity index (χ4v) is 3.31. The number of carbonyl (C=O) groups excluding carboxylic acids is 1. The highest BCUT2D eigenvalue weighted by atomic mass is 16.5. The molecule has 0 unspecified atom stereocenters. The summed E-state index contributed by atoms with van der Waals surface area (Å²) < 4.78 is 11.3. The second kappa shape index (κ2) is 7.84. The number of hydrogen-bond acceptors (Lipinski definition) is 4. The van der Waals surface area contributed by atoms with Crippen LogP contribution in [0.15, 0.2) is 52.9 Å². The second-order valence-corrected chi connectivity index (χ2v) is 6.96. The Hall–Kier alpha value is -2.79. The molecular weight excluding hydrogens is 340 g/mol. The van der Waals surface area contributed by atoms with Gasteiger partial charge in [0, 0.05) is 24.5 Å². The standard InChI is InChI=1S/C22H24N2O3/c1-26-19-11-10-16(14-23-17-8-5-9-17)18-12-20(27-21(18)19)22(25)24-13-15-6-3-2-4-7-15/h2-4,6-7,10-12,17,23H,5,8-9,13-14H2,1H3,(H,24,25). The van der Waals surface area contributed by atoms with E-state index in [1.54, 1.807) is 7.11 Å². The van der Waals surface area contributed by atoms with Crippen LogP contribution in [0.4, 0.5) is 0 Å². The number of nitrogens with one attached hydrogen (secondary N) is 2. The first kappa shape index (κ1) is 17.6. The largest absolute Gasteiger partial charge is 0.493 e. The van der Waals surface area contributed by atoms with Gasteiger partial charge in [0.2, 0.25) is 0 Å². The molecule has 0 radical (unpaired) electrons. The summed E-state index contributed by atoms with van der Waals surface area (Å²) in [5, 5.41) is 7.40. The summed E-state index contributed by atoms with van der Waals surface area (Å²) in [6, 6.07) is 16.2. The Morgan fingerprint density at radius 3 is 2.67 bits per heavy atom. The highest BCUT2D eigenvalue weighted by Gasteiger charge is 2.20. The number of benzene rings is 2. The Morgan fingerprint density at radius 1 is 1.15 bits per heavy atom. The van der Waals surface area contributed by atoms with Crippen molar-refractivity contribution in [1.82, 2.24) is 10.6 Å². The Balaban J connectivity index is 1.54. The summed E-state index contributed by atoms with van der Waals surface area (Å²) in [5.41, 5.74) is 2.78. The Morgan fingerprint density at radius 2 is 1.96 bits per heavy atom. The van der Waals surface area contributed by atoms with Crippen molar-refractivity contribution >= 4 is 16.9 Å². The number of hydrogen-bond donors (Lipinski definition) is 2. The molecule has 1 amide bonds. The smallest absolute Gasteiger partial charge is 0.287 e. The number of rotatable bonds is 7. The van der Waals surface area contributed by atoms with E-state index in [4.69, 9.17) is 9.15 Å². The van der Waals surface area contributed by atoms with Gasteiger partial charge in [-0.15, -0.1) is 0 Å². The molecule has 1 aliphatic carbocycles. The lowest BCUT2D eigenvalue weighted by Gasteiger charge is -2.26. The molecule has 140 valence electrons. The van der Waals surface area contributed by atoms with Crippen LogP contribution in [0.1, 0.15) is 40.9 Å². The van der Waals surface area contributed by atoms with Crippen LogP contribution in [-0.2, 0) is 13.1 Å². The normalized spacial score (nSPS) is 14.1. The molecule has 27 heavy (non-hydrogen) atoms. The molecule has 1 aromatic heterocycles. The lowest BCUT2D eigenvalue weighted by molar-refractivity contribution is 0.0925. The van der Waals surface area contributed by atoms with E-state index < -0.39 is 0 Å². The van der Waals surface area contributed by atoms with E-state index in [0.29, 0.717) is 29.7 Å². The van der Waals surface area contributed by atoms with Crippen LogP contribution >= 0.6 is 0 Å². The van der Waals surface area contributed by atoms with Gasteiger partial charge in [-0.1, -0.05) is 42.8 Å². The number of fused-ring (bicyclic) bond motifs is 1. The summed E-state index contributed by atoms with van der Waals surface area (Å²) in [4.78, 5) is 12.6. The van der Waals surface area contributed by atoms with Crippen LogP contribution in [-0.4, -0.2) is 19.1 Å². The number of furan rings is 1. The van der Waals surface area contributed by atoms with Crippen molar-refractivity contribution in [3.05, 3.63) is 65.4 Å². The van der Waals surface area contributed by atoms with Crippen LogP contribution in [0, 0.1) is 0 Å². The lowest BCUT2D eigenvalue weighted by Crippen LogP contribution is -2.34. The molecule has 1 heterocycles. The molecule has 1 saturated carbocycles. The second-order valence-electron chi connectivity index (χ2n) is 6.96. The van der Waals surface area contributed by atoms with E-state index in [1.165, 1.54) is 19.3 Å². The first-order chi connectivity index (χ1) is 13.2. The minimum atomic E-state index is -0.227. The zero-order chi connectivity index (χ0) is 18.6. The van der Waals surface area contributed by atoms with Crippen LogP contribution in [0.2, 0.25) is 0 Å². The maximum atomic E-state index is 12.6. The van der Waals surface area contributed by atoms with Gasteiger partial charge in [-0.25, -0.2) is 0 Å². The zero-order valence-corrected chi connectivity index (χ0v) is 15.5. The van der Waals surface area contributed by atoms with E-state index in [-0.39, 0.29) is 5.91 Å². The molecule has 5 nitrogen and oxygen atoms in total. The monoisotopic (exact) mass is 364 g/mol. The molecule has 2 N–H and O–H groups in total. The van der Waals surface area contributed by atoms with E-state index in [9.17, 15) is 4.79 Å². The van der Waals surface area contributed by atoms with Gasteiger partial charge in [0.25, 0.3) is 5.91 Å². The minimum Gasteiger partial charge on any atom is -0.493 e. The van der Waals surface area contributed by atoms with Gasteiger partial charge in [-0.2, -0.15) is 0 Å². The Bertz CT molecular complexity index is 929. The summed E-state index contributed by atoms with van der Waals surface area (Å²) >= 11 is 0. The van der Waals surface area contributed by atoms with Crippen molar-refractivity contribution in [1.29, 1.82) is 0 Å². The Kier molecular flexibility index (Phi) is 5.12. The van der Waals surface area contributed by atoms with Crippen molar-refractivity contribution in [2.24, 2.45) is 0 Å². The molecule has 5 heteroatoms. The average Bonchev–Trinajstić information content (AvgIpc) is 3.11. The van der Waals surface area contributed by atoms with Crippen molar-refractivity contribution < 1.29 is 13.9 Å². The quantitative estimate of drug-likeness (QED) is 0.665. The Labute approximate surface area is 158 Å². The molecule has 0 atom stereocenters. The van der Waals surface area contributed by atoms with E-state index in [1.807, 2.05) is 48.5 Å². The summed E-state index contributed by atoms with van der Waals surface area (Å²) in [5.74, 6) is 0.713. The average molecular weight is 364 g/mol. The molecule has 4 rings (SSSR count). The predicted molar refractivity (Wildman–Crippen MR) is 105 cm³/mol. The molecular formula is C22H24N2O3. The number of amides is 1. The van der Waals surface area contributed by atoms with Crippen molar-refractivity contribution in [2.45, 2.75) is 38.4 Å². The summed E-state index contributed by atoms with van der Waals surface area (Å²) in [6.07, 6.45) is 3.77.